The van der Waals surface area contributed by atoms with E-state index >= 15 is 0 Å². The predicted molar refractivity (Wildman–Crippen MR) is 116 cm³/mol. The van der Waals surface area contributed by atoms with Crippen molar-refractivity contribution >= 4 is 21.8 Å². The van der Waals surface area contributed by atoms with Crippen LogP contribution in [0.2, 0.25) is 0 Å². The molecule has 1 aromatic heterocycles. The number of hydrogen-bond donors (Lipinski definition) is 3. The van der Waals surface area contributed by atoms with Gasteiger partial charge in [0, 0.05) is 24.7 Å². The van der Waals surface area contributed by atoms with Crippen LogP contribution in [0.25, 0.3) is 11.3 Å². The van der Waals surface area contributed by atoms with E-state index < -0.39 is 15.8 Å². The summed E-state index contributed by atoms with van der Waals surface area (Å²) in [7, 11) is -3.75. The number of benzene rings is 2. The van der Waals surface area contributed by atoms with E-state index in [4.69, 9.17) is 5.73 Å². The molecule has 0 spiro atoms. The second-order valence-electron chi connectivity index (χ2n) is 7.01. The lowest BCUT2D eigenvalue weighted by Gasteiger charge is -2.10. The summed E-state index contributed by atoms with van der Waals surface area (Å²) in [6, 6.07) is 12.8. The van der Waals surface area contributed by atoms with Crippen molar-refractivity contribution in [3.05, 3.63) is 65.5 Å². The normalized spacial score (nSPS) is 11.4. The Morgan fingerprint density at radius 2 is 1.73 bits per heavy atom. The van der Waals surface area contributed by atoms with E-state index in [2.05, 4.69) is 26.1 Å². The number of anilines is 2. The number of aromatic nitrogens is 2. The number of halogens is 1. The van der Waals surface area contributed by atoms with Crippen LogP contribution in [-0.4, -0.2) is 31.5 Å². The van der Waals surface area contributed by atoms with E-state index in [-0.39, 0.29) is 17.4 Å². The Balaban J connectivity index is 1.58. The first-order valence-electron chi connectivity index (χ1n) is 9.45. The molecule has 0 unspecified atom stereocenters. The third-order valence-electron chi connectivity index (χ3n) is 4.32. The lowest BCUT2D eigenvalue weighted by atomic mass is 10.0. The first kappa shape index (κ1) is 21.7. The van der Waals surface area contributed by atoms with Crippen LogP contribution < -0.4 is 15.8 Å². The summed E-state index contributed by atoms with van der Waals surface area (Å²) in [6.45, 7) is 4.70. The molecule has 0 bridgehead atoms. The van der Waals surface area contributed by atoms with Gasteiger partial charge in [-0.15, -0.1) is 0 Å². The topological polar surface area (TPSA) is 110 Å². The monoisotopic (exact) mass is 429 g/mol. The van der Waals surface area contributed by atoms with E-state index in [1.54, 1.807) is 0 Å². The number of nitrogen functional groups attached to an aromatic ring is 1. The Bertz CT molecular complexity index is 1130. The van der Waals surface area contributed by atoms with Gasteiger partial charge in [0.15, 0.2) is 0 Å². The minimum Gasteiger partial charge on any atom is -0.370 e. The van der Waals surface area contributed by atoms with Gasteiger partial charge in [0.2, 0.25) is 16.0 Å². The fourth-order valence-corrected chi connectivity index (χ4v) is 4.16. The van der Waals surface area contributed by atoms with Crippen molar-refractivity contribution in [2.75, 3.05) is 24.1 Å². The number of sulfonamides is 1. The van der Waals surface area contributed by atoms with Crippen LogP contribution >= 0.6 is 0 Å². The van der Waals surface area contributed by atoms with E-state index in [0.29, 0.717) is 24.5 Å². The van der Waals surface area contributed by atoms with Gasteiger partial charge in [-0.2, -0.15) is 4.98 Å². The van der Waals surface area contributed by atoms with Gasteiger partial charge >= 0.3 is 0 Å². The minimum atomic E-state index is -3.75. The summed E-state index contributed by atoms with van der Waals surface area (Å²) in [5.41, 5.74) is 9.77. The fourth-order valence-electron chi connectivity index (χ4n) is 3.06. The molecule has 0 amide bonds. The number of hydrogen-bond acceptors (Lipinski definition) is 6. The Kier molecular flexibility index (Phi) is 6.63. The van der Waals surface area contributed by atoms with Gasteiger partial charge in [-0.05, 0) is 50.6 Å². The van der Waals surface area contributed by atoms with Crippen LogP contribution in [0.15, 0.2) is 53.4 Å². The van der Waals surface area contributed by atoms with Crippen LogP contribution in [0.5, 0.6) is 0 Å². The van der Waals surface area contributed by atoms with Crippen molar-refractivity contribution in [3.8, 4) is 11.3 Å². The Labute approximate surface area is 175 Å². The zero-order valence-electron chi connectivity index (χ0n) is 16.8. The van der Waals surface area contributed by atoms with Gasteiger partial charge < -0.3 is 11.1 Å². The molecule has 0 aliphatic rings. The van der Waals surface area contributed by atoms with E-state index in [0.717, 1.165) is 22.8 Å². The van der Waals surface area contributed by atoms with Crippen LogP contribution in [0.1, 0.15) is 17.5 Å². The average molecular weight is 430 g/mol. The first-order chi connectivity index (χ1) is 14.2. The van der Waals surface area contributed by atoms with Crippen LogP contribution in [0, 0.1) is 19.7 Å². The van der Waals surface area contributed by atoms with Crippen LogP contribution in [0.4, 0.5) is 16.2 Å². The van der Waals surface area contributed by atoms with Gasteiger partial charge in [0.25, 0.3) is 0 Å². The summed E-state index contributed by atoms with van der Waals surface area (Å²) >= 11 is 0. The molecule has 0 saturated carbocycles. The molecule has 9 heteroatoms. The minimum absolute atomic E-state index is 0.0999. The van der Waals surface area contributed by atoms with Gasteiger partial charge in [-0.25, -0.2) is 22.5 Å². The van der Waals surface area contributed by atoms with E-state index in [1.165, 1.54) is 18.2 Å². The smallest absolute Gasteiger partial charge is 0.240 e. The van der Waals surface area contributed by atoms with Gasteiger partial charge in [0.1, 0.15) is 11.6 Å². The van der Waals surface area contributed by atoms with Gasteiger partial charge in [-0.3, -0.25) is 0 Å². The molecule has 0 radical (unpaired) electrons. The summed E-state index contributed by atoms with van der Waals surface area (Å²) in [4.78, 5) is 8.39. The second-order valence-corrected chi connectivity index (χ2v) is 8.78. The molecule has 7 nitrogen and oxygen atoms in total. The average Bonchev–Trinajstić information content (AvgIpc) is 2.66. The molecule has 4 N–H and O–H groups in total. The van der Waals surface area contributed by atoms with Crippen LogP contribution in [-0.2, 0) is 10.0 Å². The molecule has 0 aliphatic carbocycles. The van der Waals surface area contributed by atoms with Gasteiger partial charge in [-0.1, -0.05) is 23.3 Å². The van der Waals surface area contributed by atoms with Crippen molar-refractivity contribution in [1.29, 1.82) is 0 Å². The molecule has 1 heterocycles. The van der Waals surface area contributed by atoms with Crippen molar-refractivity contribution in [2.24, 2.45) is 0 Å². The quantitative estimate of drug-likeness (QED) is 0.474. The van der Waals surface area contributed by atoms with Crippen molar-refractivity contribution in [1.82, 2.24) is 14.7 Å². The summed E-state index contributed by atoms with van der Waals surface area (Å²) in [6.07, 6.45) is 0.497. The zero-order chi connectivity index (χ0) is 21.7. The second kappa shape index (κ2) is 9.19. The number of nitrogens with one attached hydrogen (secondary N) is 2. The lowest BCUT2D eigenvalue weighted by molar-refractivity contribution is 0.576. The third kappa shape index (κ3) is 5.74. The standard InChI is InChI=1S/C21H24FN5O2S/c1-14-9-15(2)11-16(10-14)19-13-20(27-21(23)26-19)24-7-4-8-25-30(28,29)18-6-3-5-17(22)12-18/h3,5-6,9-13,25H,4,7-8H2,1-2H3,(H3,23,24,26,27). The number of rotatable bonds is 8. The molecular weight excluding hydrogens is 405 g/mol. The lowest BCUT2D eigenvalue weighted by Crippen LogP contribution is -2.26. The molecule has 0 fully saturated rings. The highest BCUT2D eigenvalue weighted by Gasteiger charge is 2.13. The maximum absolute atomic E-state index is 13.2. The van der Waals surface area contributed by atoms with E-state index in [1.807, 2.05) is 32.0 Å². The highest BCUT2D eigenvalue weighted by atomic mass is 32.2. The Hall–Kier alpha value is -3.04. The van der Waals surface area contributed by atoms with E-state index in [9.17, 15) is 12.8 Å². The molecule has 0 aliphatic heterocycles. The van der Waals surface area contributed by atoms with Crippen molar-refractivity contribution in [3.63, 3.8) is 0 Å². The Morgan fingerprint density at radius 1 is 1.00 bits per heavy atom. The molecule has 3 rings (SSSR count). The van der Waals surface area contributed by atoms with Crippen molar-refractivity contribution < 1.29 is 12.8 Å². The number of nitrogens with zero attached hydrogens (tertiary/aromatic N) is 2. The summed E-state index contributed by atoms with van der Waals surface area (Å²) in [5.74, 6) is 0.117. The molecule has 2 aromatic carbocycles. The molecule has 0 saturated heterocycles. The fraction of sp³-hybridized carbons (Fsp3) is 0.238. The maximum atomic E-state index is 13.2. The van der Waals surface area contributed by atoms with Crippen molar-refractivity contribution in [2.45, 2.75) is 25.2 Å². The number of aryl methyl sites for hydroxylation is 2. The summed E-state index contributed by atoms with van der Waals surface area (Å²) < 4.78 is 40.1. The number of nitrogens with two attached hydrogens (primary N) is 1. The largest absolute Gasteiger partial charge is 0.370 e. The molecule has 0 atom stereocenters. The zero-order valence-corrected chi connectivity index (χ0v) is 17.6. The first-order valence-corrected chi connectivity index (χ1v) is 10.9. The molecule has 30 heavy (non-hydrogen) atoms. The maximum Gasteiger partial charge on any atom is 0.240 e. The highest BCUT2D eigenvalue weighted by molar-refractivity contribution is 7.89. The Morgan fingerprint density at radius 3 is 2.43 bits per heavy atom. The SMILES string of the molecule is Cc1cc(C)cc(-c2cc(NCCCNS(=O)(=O)c3cccc(F)c3)nc(N)n2)c1. The predicted octanol–water partition coefficient (Wildman–Crippen LogP) is 3.26. The van der Waals surface area contributed by atoms with Gasteiger partial charge in [0.05, 0.1) is 10.6 Å². The summed E-state index contributed by atoms with van der Waals surface area (Å²) in [5, 5.41) is 3.13. The van der Waals surface area contributed by atoms with Crippen LogP contribution in [0.3, 0.4) is 0 Å². The molecule has 3 aromatic rings. The molecule has 158 valence electrons. The third-order valence-corrected chi connectivity index (χ3v) is 5.78. The highest BCUT2D eigenvalue weighted by Crippen LogP contribution is 2.23. The molecular formula is C21H24FN5O2S.